The summed E-state index contributed by atoms with van der Waals surface area (Å²) in [6, 6.07) is -0.825. The Balaban J connectivity index is 2.03. The molecule has 3 N–H and O–H groups in total. The van der Waals surface area contributed by atoms with Crippen LogP contribution in [0.25, 0.3) is 0 Å². The predicted molar refractivity (Wildman–Crippen MR) is 74.7 cm³/mol. The van der Waals surface area contributed by atoms with Crippen molar-refractivity contribution in [2.75, 3.05) is 5.75 Å². The van der Waals surface area contributed by atoms with Gasteiger partial charge in [-0.3, -0.25) is 4.79 Å². The quantitative estimate of drug-likeness (QED) is 0.768. The Bertz CT molecular complexity index is 360. The van der Waals surface area contributed by atoms with E-state index < -0.39 is 12.0 Å². The molecule has 1 saturated carbocycles. The second kappa shape index (κ2) is 6.13. The second-order valence-electron chi connectivity index (χ2n) is 5.47. The van der Waals surface area contributed by atoms with Gasteiger partial charge in [0.1, 0.15) is 6.04 Å². The SMILES string of the molecule is CCCC(N)CC(=O)N1C(C(=O)O)CSC1C1CC1. The molecule has 3 unspecified atom stereocenters. The summed E-state index contributed by atoms with van der Waals surface area (Å²) in [5.41, 5.74) is 5.91. The third kappa shape index (κ3) is 3.42. The lowest BCUT2D eigenvalue weighted by Gasteiger charge is -2.28. The maximum absolute atomic E-state index is 12.4. The maximum Gasteiger partial charge on any atom is 0.327 e. The van der Waals surface area contributed by atoms with E-state index in [2.05, 4.69) is 0 Å². The average Bonchev–Trinajstić information content (AvgIpc) is 3.07. The lowest BCUT2D eigenvalue weighted by molar-refractivity contribution is -0.149. The Kier molecular flexibility index (Phi) is 4.73. The van der Waals surface area contributed by atoms with Crippen LogP contribution in [0.5, 0.6) is 0 Å². The number of rotatable bonds is 6. The van der Waals surface area contributed by atoms with Crippen LogP contribution in [0, 0.1) is 5.92 Å². The van der Waals surface area contributed by atoms with E-state index in [0.29, 0.717) is 11.7 Å². The van der Waals surface area contributed by atoms with E-state index in [4.69, 9.17) is 5.73 Å². The normalized spacial score (nSPS) is 28.4. The molecule has 2 rings (SSSR count). The molecule has 0 aromatic carbocycles. The third-order valence-electron chi connectivity index (χ3n) is 3.73. The van der Waals surface area contributed by atoms with Crippen LogP contribution in [0.15, 0.2) is 0 Å². The van der Waals surface area contributed by atoms with Crippen molar-refractivity contribution in [1.82, 2.24) is 4.90 Å². The molecular weight excluding hydrogens is 264 g/mol. The number of carboxylic acid groups (broad SMARTS) is 1. The van der Waals surface area contributed by atoms with Crippen LogP contribution in [0.4, 0.5) is 0 Å². The maximum atomic E-state index is 12.4. The van der Waals surface area contributed by atoms with Crippen molar-refractivity contribution in [1.29, 1.82) is 0 Å². The van der Waals surface area contributed by atoms with Crippen molar-refractivity contribution in [3.05, 3.63) is 0 Å². The summed E-state index contributed by atoms with van der Waals surface area (Å²) >= 11 is 1.61. The number of nitrogens with zero attached hydrogens (tertiary/aromatic N) is 1. The molecule has 1 heterocycles. The molecule has 0 radical (unpaired) electrons. The number of carbonyl (C=O) groups is 2. The van der Waals surface area contributed by atoms with E-state index in [0.717, 1.165) is 25.7 Å². The molecule has 1 saturated heterocycles. The predicted octanol–water partition coefficient (Wildman–Crippen LogP) is 1.27. The molecule has 2 aliphatic rings. The Morgan fingerprint density at radius 2 is 2.16 bits per heavy atom. The van der Waals surface area contributed by atoms with Crippen LogP contribution in [-0.4, -0.2) is 45.1 Å². The van der Waals surface area contributed by atoms with Gasteiger partial charge in [0.25, 0.3) is 0 Å². The van der Waals surface area contributed by atoms with Gasteiger partial charge in [0.15, 0.2) is 0 Å². The number of carboxylic acids is 1. The highest BCUT2D eigenvalue weighted by atomic mass is 32.2. The lowest BCUT2D eigenvalue weighted by atomic mass is 10.1. The molecule has 1 aliphatic heterocycles. The largest absolute Gasteiger partial charge is 0.480 e. The molecule has 108 valence electrons. The summed E-state index contributed by atoms with van der Waals surface area (Å²) in [6.07, 6.45) is 4.22. The van der Waals surface area contributed by atoms with Crippen molar-refractivity contribution in [2.24, 2.45) is 11.7 Å². The first-order valence-corrected chi connectivity index (χ1v) is 8.00. The van der Waals surface area contributed by atoms with Crippen molar-refractivity contribution in [3.8, 4) is 0 Å². The zero-order valence-corrected chi connectivity index (χ0v) is 12.1. The molecule has 0 aromatic rings. The fraction of sp³-hybridized carbons (Fsp3) is 0.846. The smallest absolute Gasteiger partial charge is 0.327 e. The molecule has 0 aromatic heterocycles. The number of amides is 1. The van der Waals surface area contributed by atoms with E-state index in [9.17, 15) is 14.7 Å². The molecule has 2 fully saturated rings. The van der Waals surface area contributed by atoms with Gasteiger partial charge in [0.2, 0.25) is 5.91 Å². The van der Waals surface area contributed by atoms with Gasteiger partial charge in [-0.05, 0) is 25.2 Å². The number of nitrogens with two attached hydrogens (primary N) is 1. The van der Waals surface area contributed by atoms with Crippen molar-refractivity contribution >= 4 is 23.6 Å². The molecule has 0 bridgehead atoms. The molecule has 0 spiro atoms. The summed E-state index contributed by atoms with van der Waals surface area (Å²) in [7, 11) is 0. The molecule has 3 atom stereocenters. The first-order valence-electron chi connectivity index (χ1n) is 6.95. The van der Waals surface area contributed by atoms with E-state index in [-0.39, 0.29) is 23.7 Å². The Labute approximate surface area is 117 Å². The molecule has 6 heteroatoms. The standard InChI is InChI=1S/C13H22N2O3S/c1-2-3-9(14)6-11(16)15-10(13(17)18)7-19-12(15)8-4-5-8/h8-10,12H,2-7,14H2,1H3,(H,17,18). The van der Waals surface area contributed by atoms with Crippen LogP contribution in [0.2, 0.25) is 0 Å². The molecule has 19 heavy (non-hydrogen) atoms. The van der Waals surface area contributed by atoms with Gasteiger partial charge in [0, 0.05) is 18.2 Å². The van der Waals surface area contributed by atoms with Gasteiger partial charge in [-0.1, -0.05) is 13.3 Å². The van der Waals surface area contributed by atoms with E-state index >= 15 is 0 Å². The van der Waals surface area contributed by atoms with Crippen molar-refractivity contribution < 1.29 is 14.7 Å². The molecule has 1 amide bonds. The van der Waals surface area contributed by atoms with E-state index in [1.165, 1.54) is 0 Å². The number of carbonyl (C=O) groups excluding carboxylic acids is 1. The number of hydrogen-bond donors (Lipinski definition) is 2. The summed E-state index contributed by atoms with van der Waals surface area (Å²) in [4.78, 5) is 25.2. The minimum atomic E-state index is -0.895. The topological polar surface area (TPSA) is 83.6 Å². The average molecular weight is 286 g/mol. The van der Waals surface area contributed by atoms with Gasteiger partial charge in [-0.2, -0.15) is 0 Å². The minimum Gasteiger partial charge on any atom is -0.480 e. The van der Waals surface area contributed by atoms with Crippen LogP contribution >= 0.6 is 11.8 Å². The van der Waals surface area contributed by atoms with Crippen LogP contribution in [0.1, 0.15) is 39.0 Å². The van der Waals surface area contributed by atoms with Gasteiger partial charge < -0.3 is 15.7 Å². The van der Waals surface area contributed by atoms with Crippen LogP contribution in [-0.2, 0) is 9.59 Å². The van der Waals surface area contributed by atoms with Crippen LogP contribution < -0.4 is 5.73 Å². The summed E-state index contributed by atoms with van der Waals surface area (Å²) in [5.74, 6) is 0.00893. The fourth-order valence-corrected chi connectivity index (χ4v) is 4.23. The minimum absolute atomic E-state index is 0.0578. The van der Waals surface area contributed by atoms with Gasteiger partial charge in [-0.15, -0.1) is 11.8 Å². The fourth-order valence-electron chi connectivity index (χ4n) is 2.58. The van der Waals surface area contributed by atoms with Crippen molar-refractivity contribution in [3.63, 3.8) is 0 Å². The zero-order chi connectivity index (χ0) is 14.0. The Morgan fingerprint density at radius 3 is 2.68 bits per heavy atom. The Hall–Kier alpha value is -0.750. The van der Waals surface area contributed by atoms with Gasteiger partial charge in [-0.25, -0.2) is 4.79 Å². The highest BCUT2D eigenvalue weighted by molar-refractivity contribution is 8.00. The number of thioether (sulfide) groups is 1. The lowest BCUT2D eigenvalue weighted by Crippen LogP contribution is -2.47. The first kappa shape index (κ1) is 14.7. The van der Waals surface area contributed by atoms with Gasteiger partial charge >= 0.3 is 5.97 Å². The van der Waals surface area contributed by atoms with E-state index in [1.54, 1.807) is 16.7 Å². The van der Waals surface area contributed by atoms with Crippen LogP contribution in [0.3, 0.4) is 0 Å². The number of aliphatic carboxylic acids is 1. The first-order chi connectivity index (χ1) is 9.04. The monoisotopic (exact) mass is 286 g/mol. The summed E-state index contributed by atoms with van der Waals surface area (Å²) < 4.78 is 0. The second-order valence-corrected chi connectivity index (χ2v) is 6.62. The summed E-state index contributed by atoms with van der Waals surface area (Å²) in [6.45, 7) is 2.03. The molecule has 1 aliphatic carbocycles. The summed E-state index contributed by atoms with van der Waals surface area (Å²) in [5, 5.41) is 9.31. The zero-order valence-electron chi connectivity index (χ0n) is 11.2. The number of hydrogen-bond acceptors (Lipinski definition) is 4. The molecule has 5 nitrogen and oxygen atoms in total. The highest BCUT2D eigenvalue weighted by Gasteiger charge is 2.47. The van der Waals surface area contributed by atoms with Crippen molar-refractivity contribution in [2.45, 2.75) is 56.5 Å². The third-order valence-corrected chi connectivity index (χ3v) is 5.19. The van der Waals surface area contributed by atoms with E-state index in [1.807, 2.05) is 6.92 Å². The Morgan fingerprint density at radius 1 is 1.47 bits per heavy atom. The van der Waals surface area contributed by atoms with Gasteiger partial charge in [0.05, 0.1) is 5.37 Å². The molecular formula is C13H22N2O3S. The highest BCUT2D eigenvalue weighted by Crippen LogP contribution is 2.45.